The summed E-state index contributed by atoms with van der Waals surface area (Å²) in [6.45, 7) is 3.12. The largest absolute Gasteiger partial charge is 0.493 e. The van der Waals surface area contributed by atoms with Crippen molar-refractivity contribution in [2.24, 2.45) is 0 Å². The number of methoxy groups -OCH3 is 1. The average molecular weight is 355 g/mol. The number of benzene rings is 2. The summed E-state index contributed by atoms with van der Waals surface area (Å²) < 4.78 is 11.0. The van der Waals surface area contributed by atoms with E-state index >= 15 is 0 Å². The Bertz CT molecular complexity index is 774. The van der Waals surface area contributed by atoms with Crippen LogP contribution in [0.1, 0.15) is 29.3 Å². The van der Waals surface area contributed by atoms with Gasteiger partial charge in [-0.15, -0.1) is 0 Å². The molecule has 26 heavy (non-hydrogen) atoms. The zero-order chi connectivity index (χ0) is 18.5. The molecule has 0 spiro atoms. The number of ketones is 1. The summed E-state index contributed by atoms with van der Waals surface area (Å²) in [5.74, 6) is 0.988. The molecule has 1 N–H and O–H groups in total. The first-order valence-electron chi connectivity index (χ1n) is 8.91. The first-order chi connectivity index (χ1) is 12.6. The molecule has 0 aliphatic carbocycles. The minimum atomic E-state index is -0.627. The molecule has 0 bridgehead atoms. The number of aliphatic hydroxyl groups excluding tert-OH is 1. The fourth-order valence-electron chi connectivity index (χ4n) is 3.30. The van der Waals surface area contributed by atoms with Crippen LogP contribution < -0.4 is 14.4 Å². The van der Waals surface area contributed by atoms with E-state index in [1.807, 2.05) is 6.07 Å². The Morgan fingerprint density at radius 2 is 2.04 bits per heavy atom. The number of nitrogens with zero attached hydrogens (tertiary/aromatic N) is 1. The molecule has 1 heterocycles. The van der Waals surface area contributed by atoms with E-state index in [4.69, 9.17) is 9.47 Å². The second-order valence-electron chi connectivity index (χ2n) is 6.56. The van der Waals surface area contributed by atoms with Gasteiger partial charge in [-0.05, 0) is 49.6 Å². The summed E-state index contributed by atoms with van der Waals surface area (Å²) in [5, 5.41) is 10.4. The third-order valence-corrected chi connectivity index (χ3v) is 4.64. The van der Waals surface area contributed by atoms with Gasteiger partial charge in [-0.3, -0.25) is 4.79 Å². The second-order valence-corrected chi connectivity index (χ2v) is 6.56. The first-order valence-corrected chi connectivity index (χ1v) is 8.91. The van der Waals surface area contributed by atoms with Crippen LogP contribution in [0.5, 0.6) is 11.5 Å². The lowest BCUT2D eigenvalue weighted by atomic mass is 10.0. The van der Waals surface area contributed by atoms with Gasteiger partial charge >= 0.3 is 0 Å². The monoisotopic (exact) mass is 355 g/mol. The summed E-state index contributed by atoms with van der Waals surface area (Å²) >= 11 is 0. The van der Waals surface area contributed by atoms with Crippen LogP contribution in [0.4, 0.5) is 5.69 Å². The molecule has 2 aromatic rings. The molecule has 1 aliphatic rings. The third-order valence-electron chi connectivity index (χ3n) is 4.64. The van der Waals surface area contributed by atoms with Crippen molar-refractivity contribution >= 4 is 11.5 Å². The molecule has 0 aromatic heterocycles. The molecule has 1 aliphatic heterocycles. The highest BCUT2D eigenvalue weighted by Gasteiger charge is 2.19. The number of aliphatic hydroxyl groups is 1. The Labute approximate surface area is 154 Å². The number of fused-ring (bicyclic) bond motifs is 1. The van der Waals surface area contributed by atoms with E-state index in [-0.39, 0.29) is 12.4 Å². The number of anilines is 1. The van der Waals surface area contributed by atoms with E-state index in [1.165, 1.54) is 25.3 Å². The van der Waals surface area contributed by atoms with Crippen LogP contribution in [-0.2, 0) is 6.42 Å². The van der Waals surface area contributed by atoms with Crippen LogP contribution in [0.25, 0.3) is 0 Å². The van der Waals surface area contributed by atoms with Crippen molar-refractivity contribution in [1.82, 2.24) is 0 Å². The number of β-amino-alcohol motifs (C(OH)–C–C–N with tert-alkyl or cyclic N) is 1. The summed E-state index contributed by atoms with van der Waals surface area (Å²) in [5.41, 5.74) is 3.09. The van der Waals surface area contributed by atoms with Crippen LogP contribution in [-0.4, -0.2) is 43.8 Å². The molecular weight excluding hydrogens is 330 g/mol. The van der Waals surface area contributed by atoms with E-state index in [0.717, 1.165) is 19.4 Å². The van der Waals surface area contributed by atoms with Crippen LogP contribution >= 0.6 is 0 Å². The summed E-state index contributed by atoms with van der Waals surface area (Å²) in [6, 6.07) is 13.4. The maximum absolute atomic E-state index is 11.5. The van der Waals surface area contributed by atoms with Crippen molar-refractivity contribution in [3.05, 3.63) is 53.6 Å². The first kappa shape index (κ1) is 18.3. The zero-order valence-electron chi connectivity index (χ0n) is 15.3. The lowest BCUT2D eigenvalue weighted by molar-refractivity contribution is 0.101. The summed E-state index contributed by atoms with van der Waals surface area (Å²) in [7, 11) is 1.53. The van der Waals surface area contributed by atoms with E-state index < -0.39 is 6.10 Å². The summed E-state index contributed by atoms with van der Waals surface area (Å²) in [4.78, 5) is 13.7. The standard InChI is InChI=1S/C21H25NO4/c1-15(23)17-9-10-20(21(12-17)25-2)26-14-18(24)13-22-11-5-7-16-6-3-4-8-19(16)22/h3-4,6,8-10,12,18,24H,5,7,11,13-14H2,1-2H3/t18-/m0/s1. The SMILES string of the molecule is COc1cc(C(C)=O)ccc1OC[C@@H](O)CN1CCCc2ccccc21. The molecular formula is C21H25NO4. The van der Waals surface area contributed by atoms with Crippen LogP contribution in [0, 0.1) is 0 Å². The van der Waals surface area contributed by atoms with Crippen molar-refractivity contribution in [2.45, 2.75) is 25.9 Å². The maximum Gasteiger partial charge on any atom is 0.161 e. The number of ether oxygens (including phenoxy) is 2. The minimum absolute atomic E-state index is 0.0290. The third kappa shape index (κ3) is 4.17. The van der Waals surface area contributed by atoms with Gasteiger partial charge in [0.25, 0.3) is 0 Å². The van der Waals surface area contributed by atoms with Crippen molar-refractivity contribution < 1.29 is 19.4 Å². The predicted molar refractivity (Wildman–Crippen MR) is 101 cm³/mol. The van der Waals surface area contributed by atoms with Gasteiger partial charge in [-0.25, -0.2) is 0 Å². The van der Waals surface area contributed by atoms with Gasteiger partial charge in [0.05, 0.1) is 7.11 Å². The Morgan fingerprint density at radius 3 is 2.81 bits per heavy atom. The topological polar surface area (TPSA) is 59.0 Å². The highest BCUT2D eigenvalue weighted by Crippen LogP contribution is 2.29. The zero-order valence-corrected chi connectivity index (χ0v) is 15.3. The van der Waals surface area contributed by atoms with Gasteiger partial charge in [0, 0.05) is 24.3 Å². The van der Waals surface area contributed by atoms with Gasteiger partial charge in [-0.1, -0.05) is 18.2 Å². The Balaban J connectivity index is 1.61. The Kier molecular flexibility index (Phi) is 5.78. The van der Waals surface area contributed by atoms with E-state index in [2.05, 4.69) is 23.1 Å². The van der Waals surface area contributed by atoms with Gasteiger partial charge in [0.2, 0.25) is 0 Å². The molecule has 5 nitrogen and oxygen atoms in total. The number of Topliss-reactive ketones (excluding diaryl/α,β-unsaturated/α-hetero) is 1. The number of carbonyl (C=O) groups excluding carboxylic acids is 1. The highest BCUT2D eigenvalue weighted by atomic mass is 16.5. The molecule has 5 heteroatoms. The predicted octanol–water partition coefficient (Wildman–Crippen LogP) is 3.09. The van der Waals surface area contributed by atoms with Crippen molar-refractivity contribution in [2.75, 3.05) is 31.7 Å². The van der Waals surface area contributed by atoms with Crippen molar-refractivity contribution in [3.63, 3.8) is 0 Å². The smallest absolute Gasteiger partial charge is 0.161 e. The molecule has 2 aromatic carbocycles. The molecule has 1 atom stereocenters. The quantitative estimate of drug-likeness (QED) is 0.774. The lowest BCUT2D eigenvalue weighted by Crippen LogP contribution is -2.38. The Hall–Kier alpha value is -2.53. The number of aryl methyl sites for hydroxylation is 1. The van der Waals surface area contributed by atoms with Gasteiger partial charge in [-0.2, -0.15) is 0 Å². The number of rotatable bonds is 7. The molecule has 0 saturated carbocycles. The maximum atomic E-state index is 11.5. The summed E-state index contributed by atoms with van der Waals surface area (Å²) in [6.07, 6.45) is 1.54. The van der Waals surface area contributed by atoms with Crippen LogP contribution in [0.15, 0.2) is 42.5 Å². The van der Waals surface area contributed by atoms with Crippen molar-refractivity contribution in [1.29, 1.82) is 0 Å². The van der Waals surface area contributed by atoms with E-state index in [9.17, 15) is 9.90 Å². The molecule has 0 radical (unpaired) electrons. The highest BCUT2D eigenvalue weighted by molar-refractivity contribution is 5.94. The number of hydrogen-bond donors (Lipinski definition) is 1. The second kappa shape index (κ2) is 8.23. The molecule has 138 valence electrons. The van der Waals surface area contributed by atoms with E-state index in [1.54, 1.807) is 18.2 Å². The number of hydrogen-bond acceptors (Lipinski definition) is 5. The average Bonchev–Trinajstić information content (AvgIpc) is 2.66. The molecule has 3 rings (SSSR count). The van der Waals surface area contributed by atoms with Crippen LogP contribution in [0.2, 0.25) is 0 Å². The molecule has 0 amide bonds. The normalized spacial score (nSPS) is 14.5. The Morgan fingerprint density at radius 1 is 1.23 bits per heavy atom. The number of carbonyl (C=O) groups is 1. The lowest BCUT2D eigenvalue weighted by Gasteiger charge is -2.32. The van der Waals surface area contributed by atoms with Gasteiger partial charge in [0.1, 0.15) is 12.7 Å². The fraction of sp³-hybridized carbons (Fsp3) is 0.381. The van der Waals surface area contributed by atoms with Crippen LogP contribution in [0.3, 0.4) is 0 Å². The van der Waals surface area contributed by atoms with Gasteiger partial charge < -0.3 is 19.5 Å². The van der Waals surface area contributed by atoms with Gasteiger partial charge in [0.15, 0.2) is 17.3 Å². The number of para-hydroxylation sites is 1. The molecule has 0 fully saturated rings. The van der Waals surface area contributed by atoms with E-state index in [0.29, 0.717) is 23.6 Å². The fourth-order valence-corrected chi connectivity index (χ4v) is 3.30. The van der Waals surface area contributed by atoms with Crippen molar-refractivity contribution in [3.8, 4) is 11.5 Å². The molecule has 0 unspecified atom stereocenters. The molecule has 0 saturated heterocycles. The minimum Gasteiger partial charge on any atom is -0.493 e.